The summed E-state index contributed by atoms with van der Waals surface area (Å²) in [4.78, 5) is 4.18. The predicted octanol–water partition coefficient (Wildman–Crippen LogP) is 4.11. The average molecular weight is 319 g/mol. The molecule has 3 aromatic rings. The number of thiophene rings is 1. The van der Waals surface area contributed by atoms with Crippen LogP contribution in [0.2, 0.25) is 0 Å². The fourth-order valence-corrected chi connectivity index (χ4v) is 3.38. The monoisotopic (exact) mass is 318 g/mol. The van der Waals surface area contributed by atoms with Crippen LogP contribution in [0.5, 0.6) is 0 Å². The minimum Gasteiger partial charge on any atom is -0.320 e. The van der Waals surface area contributed by atoms with Gasteiger partial charge in [-0.05, 0) is 50.0 Å². The van der Waals surface area contributed by atoms with Gasteiger partial charge < -0.3 is 5.73 Å². The molecule has 0 fully saturated rings. The molecule has 0 saturated heterocycles. The van der Waals surface area contributed by atoms with Crippen LogP contribution in [0.1, 0.15) is 17.2 Å². The molecule has 90 valence electrons. The standard InChI is InChI=1S/C14H11BrN2S/c15-11-6-10(7-17-8-11)13(16)12-3-1-2-9-4-5-18-14(9)12/h1-8,13H,16H2. The molecule has 2 nitrogen and oxygen atoms in total. The first-order valence-electron chi connectivity index (χ1n) is 5.58. The Kier molecular flexibility index (Phi) is 3.16. The van der Waals surface area contributed by atoms with E-state index in [9.17, 15) is 0 Å². The molecule has 3 rings (SSSR count). The highest BCUT2D eigenvalue weighted by Gasteiger charge is 2.13. The second-order valence-electron chi connectivity index (χ2n) is 4.10. The molecule has 18 heavy (non-hydrogen) atoms. The van der Waals surface area contributed by atoms with E-state index < -0.39 is 0 Å². The third-order valence-electron chi connectivity index (χ3n) is 2.93. The van der Waals surface area contributed by atoms with E-state index in [0.717, 1.165) is 15.6 Å². The molecule has 1 unspecified atom stereocenters. The van der Waals surface area contributed by atoms with Crippen LogP contribution in [-0.2, 0) is 0 Å². The maximum Gasteiger partial charge on any atom is 0.0581 e. The molecule has 4 heteroatoms. The van der Waals surface area contributed by atoms with E-state index in [4.69, 9.17) is 5.73 Å². The van der Waals surface area contributed by atoms with Crippen molar-refractivity contribution in [2.75, 3.05) is 0 Å². The van der Waals surface area contributed by atoms with Crippen LogP contribution < -0.4 is 5.73 Å². The summed E-state index contributed by atoms with van der Waals surface area (Å²) < 4.78 is 2.21. The lowest BCUT2D eigenvalue weighted by atomic mass is 10.0. The quantitative estimate of drug-likeness (QED) is 0.772. The fraction of sp³-hybridized carbons (Fsp3) is 0.0714. The Morgan fingerprint density at radius 2 is 2.11 bits per heavy atom. The molecule has 0 aliphatic heterocycles. The van der Waals surface area contributed by atoms with E-state index in [1.54, 1.807) is 17.5 Å². The Morgan fingerprint density at radius 3 is 2.94 bits per heavy atom. The van der Waals surface area contributed by atoms with Gasteiger partial charge in [0.05, 0.1) is 6.04 Å². The summed E-state index contributed by atoms with van der Waals surface area (Å²) in [5.74, 6) is 0. The van der Waals surface area contributed by atoms with Crippen LogP contribution in [0.15, 0.2) is 52.6 Å². The van der Waals surface area contributed by atoms with Crippen molar-refractivity contribution in [2.45, 2.75) is 6.04 Å². The van der Waals surface area contributed by atoms with Gasteiger partial charge in [0, 0.05) is 21.6 Å². The number of nitrogens with zero attached hydrogens (tertiary/aromatic N) is 1. The van der Waals surface area contributed by atoms with Crippen LogP contribution in [0.25, 0.3) is 10.1 Å². The highest BCUT2D eigenvalue weighted by atomic mass is 79.9. The molecule has 1 aromatic carbocycles. The van der Waals surface area contributed by atoms with Gasteiger partial charge in [-0.25, -0.2) is 0 Å². The number of benzene rings is 1. The minimum atomic E-state index is -0.141. The van der Waals surface area contributed by atoms with Gasteiger partial charge in [0.25, 0.3) is 0 Å². The summed E-state index contributed by atoms with van der Waals surface area (Å²) in [5.41, 5.74) is 8.53. The molecule has 1 atom stereocenters. The predicted molar refractivity (Wildman–Crippen MR) is 79.8 cm³/mol. The van der Waals surface area contributed by atoms with Crippen LogP contribution in [0, 0.1) is 0 Å². The van der Waals surface area contributed by atoms with Gasteiger partial charge in [0.15, 0.2) is 0 Å². The molecule has 0 aliphatic rings. The SMILES string of the molecule is NC(c1cncc(Br)c1)c1cccc2ccsc12. The Bertz CT molecular complexity index is 693. The number of hydrogen-bond donors (Lipinski definition) is 1. The van der Waals surface area contributed by atoms with Crippen LogP contribution >= 0.6 is 27.3 Å². The molecular formula is C14H11BrN2S. The van der Waals surface area contributed by atoms with Crippen molar-refractivity contribution in [3.63, 3.8) is 0 Å². The Morgan fingerprint density at radius 1 is 1.22 bits per heavy atom. The molecule has 0 amide bonds. The first kappa shape index (κ1) is 11.8. The normalized spacial score (nSPS) is 12.8. The number of rotatable bonds is 2. The van der Waals surface area contributed by atoms with Crippen molar-refractivity contribution in [1.29, 1.82) is 0 Å². The summed E-state index contributed by atoms with van der Waals surface area (Å²) in [6, 6.07) is 10.2. The van der Waals surface area contributed by atoms with E-state index in [-0.39, 0.29) is 6.04 Å². The van der Waals surface area contributed by atoms with Crippen molar-refractivity contribution in [2.24, 2.45) is 5.73 Å². The lowest BCUT2D eigenvalue weighted by molar-refractivity contribution is 0.872. The average Bonchev–Trinajstić information content (AvgIpc) is 2.86. The van der Waals surface area contributed by atoms with Gasteiger partial charge in [-0.15, -0.1) is 11.3 Å². The number of fused-ring (bicyclic) bond motifs is 1. The van der Waals surface area contributed by atoms with E-state index in [1.165, 1.54) is 10.1 Å². The smallest absolute Gasteiger partial charge is 0.0581 e. The van der Waals surface area contributed by atoms with Gasteiger partial charge >= 0.3 is 0 Å². The topological polar surface area (TPSA) is 38.9 Å². The molecule has 0 radical (unpaired) electrons. The highest BCUT2D eigenvalue weighted by Crippen LogP contribution is 2.31. The van der Waals surface area contributed by atoms with Gasteiger partial charge in [-0.3, -0.25) is 4.98 Å². The fourth-order valence-electron chi connectivity index (χ4n) is 2.04. The molecule has 0 bridgehead atoms. The van der Waals surface area contributed by atoms with Gasteiger partial charge in [0.1, 0.15) is 0 Å². The van der Waals surface area contributed by atoms with Crippen LogP contribution in [0.4, 0.5) is 0 Å². The first-order chi connectivity index (χ1) is 8.75. The van der Waals surface area contributed by atoms with Crippen molar-refractivity contribution in [3.8, 4) is 0 Å². The van der Waals surface area contributed by atoms with Crippen molar-refractivity contribution < 1.29 is 0 Å². The molecule has 2 heterocycles. The van der Waals surface area contributed by atoms with E-state index in [2.05, 4.69) is 50.6 Å². The van der Waals surface area contributed by atoms with Crippen molar-refractivity contribution in [1.82, 2.24) is 4.98 Å². The third-order valence-corrected chi connectivity index (χ3v) is 4.34. The first-order valence-corrected chi connectivity index (χ1v) is 7.25. The summed E-state index contributed by atoms with van der Waals surface area (Å²) in [6.45, 7) is 0. The molecule has 0 saturated carbocycles. The molecule has 0 spiro atoms. The molecule has 0 aliphatic carbocycles. The maximum atomic E-state index is 6.36. The highest BCUT2D eigenvalue weighted by molar-refractivity contribution is 9.10. The Labute approximate surface area is 118 Å². The zero-order valence-electron chi connectivity index (χ0n) is 9.51. The van der Waals surface area contributed by atoms with Crippen LogP contribution in [-0.4, -0.2) is 4.98 Å². The number of halogens is 1. The van der Waals surface area contributed by atoms with Gasteiger partial charge in [0.2, 0.25) is 0 Å². The van der Waals surface area contributed by atoms with Crippen LogP contribution in [0.3, 0.4) is 0 Å². The lowest BCUT2D eigenvalue weighted by Crippen LogP contribution is -2.12. The summed E-state index contributed by atoms with van der Waals surface area (Å²) in [6.07, 6.45) is 3.59. The van der Waals surface area contributed by atoms with Crippen molar-refractivity contribution in [3.05, 3.63) is 63.7 Å². The number of aromatic nitrogens is 1. The van der Waals surface area contributed by atoms with Gasteiger partial charge in [-0.1, -0.05) is 18.2 Å². The van der Waals surface area contributed by atoms with E-state index in [0.29, 0.717) is 0 Å². The largest absolute Gasteiger partial charge is 0.320 e. The maximum absolute atomic E-state index is 6.36. The minimum absolute atomic E-state index is 0.141. The second-order valence-corrected chi connectivity index (χ2v) is 5.93. The van der Waals surface area contributed by atoms with Gasteiger partial charge in [-0.2, -0.15) is 0 Å². The Hall–Kier alpha value is -1.23. The van der Waals surface area contributed by atoms with Crippen molar-refractivity contribution >= 4 is 37.4 Å². The zero-order valence-corrected chi connectivity index (χ0v) is 11.9. The Balaban J connectivity index is 2.12. The third kappa shape index (κ3) is 2.07. The number of nitrogens with two attached hydrogens (primary N) is 1. The summed E-state index contributed by atoms with van der Waals surface area (Å²) in [7, 11) is 0. The zero-order chi connectivity index (χ0) is 12.5. The second kappa shape index (κ2) is 4.80. The number of hydrogen-bond acceptors (Lipinski definition) is 3. The molecule has 2 N–H and O–H groups in total. The molecular weight excluding hydrogens is 308 g/mol. The summed E-state index contributed by atoms with van der Waals surface area (Å²) >= 11 is 5.16. The lowest BCUT2D eigenvalue weighted by Gasteiger charge is -2.13. The summed E-state index contributed by atoms with van der Waals surface area (Å²) in [5, 5.41) is 3.34. The van der Waals surface area contributed by atoms with E-state index >= 15 is 0 Å². The van der Waals surface area contributed by atoms with E-state index in [1.807, 2.05) is 12.3 Å². The molecule has 2 aromatic heterocycles. The number of pyridine rings is 1.